The lowest BCUT2D eigenvalue weighted by atomic mass is 10.2. The van der Waals surface area contributed by atoms with Crippen LogP contribution in [-0.2, 0) is 25.7 Å². The van der Waals surface area contributed by atoms with Crippen LogP contribution in [0.3, 0.4) is 0 Å². The van der Waals surface area contributed by atoms with Crippen molar-refractivity contribution in [1.82, 2.24) is 0 Å². The van der Waals surface area contributed by atoms with Gasteiger partial charge >= 0.3 is 12.1 Å². The Hall–Kier alpha value is -3.28. The number of nitrogens with one attached hydrogen (secondary N) is 1. The molecule has 0 aliphatic heterocycles. The van der Waals surface area contributed by atoms with E-state index in [1.807, 2.05) is 0 Å². The van der Waals surface area contributed by atoms with Gasteiger partial charge in [0.05, 0.1) is 44.6 Å². The van der Waals surface area contributed by atoms with Crippen LogP contribution in [0.2, 0.25) is 10.0 Å². The van der Waals surface area contributed by atoms with E-state index in [1.54, 1.807) is 6.92 Å². The number of benzene rings is 3. The number of rotatable bonds is 7. The van der Waals surface area contributed by atoms with Crippen LogP contribution in [0, 0.1) is 6.92 Å². The molecule has 3 rings (SSSR count). The minimum absolute atomic E-state index is 0.0276. The van der Waals surface area contributed by atoms with Crippen LogP contribution in [0.1, 0.15) is 21.5 Å². The van der Waals surface area contributed by atoms with Gasteiger partial charge in [0.15, 0.2) is 0 Å². The van der Waals surface area contributed by atoms with Crippen LogP contribution in [0.15, 0.2) is 65.6 Å². The summed E-state index contributed by atoms with van der Waals surface area (Å²) in [4.78, 5) is 24.5. The van der Waals surface area contributed by atoms with Crippen LogP contribution < -0.4 is 9.62 Å². The highest BCUT2D eigenvalue weighted by molar-refractivity contribution is 7.92. The number of ether oxygens (including phenoxy) is 1. The average molecular weight is 575 g/mol. The van der Waals surface area contributed by atoms with E-state index in [1.165, 1.54) is 42.5 Å². The predicted octanol–water partition coefficient (Wildman–Crippen LogP) is 5.94. The number of sulfonamides is 1. The quantitative estimate of drug-likeness (QED) is 0.352. The molecule has 13 heteroatoms. The molecule has 7 nitrogen and oxygen atoms in total. The Bertz CT molecular complexity index is 1450. The number of halogens is 5. The number of aryl methyl sites for hydroxylation is 1. The van der Waals surface area contributed by atoms with E-state index >= 15 is 0 Å². The summed E-state index contributed by atoms with van der Waals surface area (Å²) >= 11 is 11.8. The number of hydrogen-bond acceptors (Lipinski definition) is 5. The van der Waals surface area contributed by atoms with Gasteiger partial charge in [0.25, 0.3) is 10.0 Å². The molecule has 1 N–H and O–H groups in total. The summed E-state index contributed by atoms with van der Waals surface area (Å²) in [6.07, 6.45) is -4.88. The van der Waals surface area contributed by atoms with Crippen LogP contribution in [0.5, 0.6) is 0 Å². The van der Waals surface area contributed by atoms with E-state index in [-0.39, 0.29) is 21.2 Å². The number of carbonyl (C=O) groups is 2. The first kappa shape index (κ1) is 28.3. The SMILES string of the molecule is COC(=O)c1ccc(Cl)c(NC(=O)CN(c2ccc(Cl)c(C(F)(F)F)c2)S(=O)(=O)c2ccc(C)cc2)c1. The molecule has 0 unspecified atom stereocenters. The van der Waals surface area contributed by atoms with Crippen LogP contribution in [0.25, 0.3) is 0 Å². The highest BCUT2D eigenvalue weighted by atomic mass is 35.5. The third-order valence-corrected chi connectivity index (χ3v) is 7.55. The van der Waals surface area contributed by atoms with E-state index in [0.29, 0.717) is 10.4 Å². The number of esters is 1. The largest absolute Gasteiger partial charge is 0.465 e. The van der Waals surface area contributed by atoms with Crippen molar-refractivity contribution in [2.45, 2.75) is 18.0 Å². The average Bonchev–Trinajstić information content (AvgIpc) is 2.83. The molecule has 0 saturated heterocycles. The molecule has 1 amide bonds. The Balaban J connectivity index is 2.05. The zero-order valence-corrected chi connectivity index (χ0v) is 21.6. The van der Waals surface area contributed by atoms with Crippen LogP contribution in [-0.4, -0.2) is 33.9 Å². The second kappa shape index (κ2) is 11.0. The van der Waals surface area contributed by atoms with Crippen LogP contribution in [0.4, 0.5) is 24.5 Å². The minimum Gasteiger partial charge on any atom is -0.465 e. The third-order valence-electron chi connectivity index (χ3n) is 5.10. The first-order valence-electron chi connectivity index (χ1n) is 10.4. The molecular formula is C24H19Cl2F3N2O5S. The fourth-order valence-electron chi connectivity index (χ4n) is 3.22. The van der Waals surface area contributed by atoms with E-state index < -0.39 is 50.9 Å². The number of carbonyl (C=O) groups excluding carboxylic acids is 2. The maximum Gasteiger partial charge on any atom is 0.417 e. The van der Waals surface area contributed by atoms with Gasteiger partial charge in [-0.3, -0.25) is 9.10 Å². The van der Waals surface area contributed by atoms with Crippen molar-refractivity contribution in [3.63, 3.8) is 0 Å². The van der Waals surface area contributed by atoms with Gasteiger partial charge in [0.2, 0.25) is 5.91 Å². The van der Waals surface area contributed by atoms with E-state index in [4.69, 9.17) is 23.2 Å². The molecule has 196 valence electrons. The summed E-state index contributed by atoms with van der Waals surface area (Å²) in [6.45, 7) is 0.802. The van der Waals surface area contributed by atoms with Gasteiger partial charge in [-0.05, 0) is 55.5 Å². The predicted molar refractivity (Wildman–Crippen MR) is 134 cm³/mol. The minimum atomic E-state index is -4.88. The molecule has 0 heterocycles. The molecule has 0 radical (unpaired) electrons. The van der Waals surface area contributed by atoms with Gasteiger partial charge in [-0.1, -0.05) is 40.9 Å². The molecule has 37 heavy (non-hydrogen) atoms. The number of hydrogen-bond donors (Lipinski definition) is 1. The Kier molecular flexibility index (Phi) is 8.41. The van der Waals surface area contributed by atoms with Gasteiger partial charge in [0.1, 0.15) is 6.54 Å². The summed E-state index contributed by atoms with van der Waals surface area (Å²) in [5.74, 6) is -1.65. The smallest absolute Gasteiger partial charge is 0.417 e. The first-order chi connectivity index (χ1) is 17.2. The van der Waals surface area contributed by atoms with Gasteiger partial charge in [-0.2, -0.15) is 13.2 Å². The molecule has 0 spiro atoms. The van der Waals surface area contributed by atoms with Crippen molar-refractivity contribution in [3.05, 3.63) is 87.4 Å². The second-order valence-electron chi connectivity index (χ2n) is 7.72. The third kappa shape index (κ3) is 6.54. The lowest BCUT2D eigenvalue weighted by molar-refractivity contribution is -0.137. The number of amides is 1. The summed E-state index contributed by atoms with van der Waals surface area (Å²) in [7, 11) is -3.36. The summed E-state index contributed by atoms with van der Waals surface area (Å²) in [5.41, 5.74) is -0.950. The highest BCUT2D eigenvalue weighted by Gasteiger charge is 2.35. The maximum atomic E-state index is 13.5. The standard InChI is InChI=1S/C24H19Cl2F3N2O5S/c1-14-3-7-17(8-4-14)37(34,35)31(16-6-10-19(25)18(12-16)24(27,28)29)13-22(32)30-21-11-15(23(33)36-2)5-9-20(21)26/h3-12H,13H2,1-2H3,(H,30,32). The first-order valence-corrected chi connectivity index (χ1v) is 12.6. The van der Waals surface area contributed by atoms with E-state index in [2.05, 4.69) is 10.1 Å². The molecule has 0 aliphatic rings. The molecule has 0 atom stereocenters. The Morgan fingerprint density at radius 1 is 0.973 bits per heavy atom. The zero-order chi connectivity index (χ0) is 27.5. The molecule has 0 fully saturated rings. The monoisotopic (exact) mass is 574 g/mol. The molecule has 3 aromatic carbocycles. The summed E-state index contributed by atoms with van der Waals surface area (Å²) in [5, 5.41) is 1.77. The van der Waals surface area contributed by atoms with Crippen molar-refractivity contribution >= 4 is 56.5 Å². The molecule has 0 aliphatic carbocycles. The number of alkyl halides is 3. The highest BCUT2D eigenvalue weighted by Crippen LogP contribution is 2.38. The van der Waals surface area contributed by atoms with Crippen molar-refractivity contribution in [3.8, 4) is 0 Å². The van der Waals surface area contributed by atoms with Gasteiger partial charge in [0, 0.05) is 0 Å². The molecular weight excluding hydrogens is 556 g/mol. The fraction of sp³-hybridized carbons (Fsp3) is 0.167. The van der Waals surface area contributed by atoms with Crippen molar-refractivity contribution in [2.75, 3.05) is 23.3 Å². The maximum absolute atomic E-state index is 13.5. The van der Waals surface area contributed by atoms with Gasteiger partial charge < -0.3 is 10.1 Å². The lowest BCUT2D eigenvalue weighted by Crippen LogP contribution is -2.38. The Morgan fingerprint density at radius 3 is 2.19 bits per heavy atom. The van der Waals surface area contributed by atoms with E-state index in [0.717, 1.165) is 24.8 Å². The number of anilines is 2. The molecule has 0 saturated carbocycles. The normalized spacial score (nSPS) is 11.6. The zero-order valence-electron chi connectivity index (χ0n) is 19.3. The lowest BCUT2D eigenvalue weighted by Gasteiger charge is -2.25. The molecule has 0 bridgehead atoms. The Labute approximate surface area is 220 Å². The van der Waals surface area contributed by atoms with Crippen LogP contribution >= 0.6 is 23.2 Å². The van der Waals surface area contributed by atoms with Crippen molar-refractivity contribution in [2.24, 2.45) is 0 Å². The molecule has 3 aromatic rings. The van der Waals surface area contributed by atoms with E-state index in [9.17, 15) is 31.2 Å². The Morgan fingerprint density at radius 2 is 1.59 bits per heavy atom. The molecule has 0 aromatic heterocycles. The summed E-state index contributed by atoms with van der Waals surface area (Å²) in [6, 6.07) is 11.9. The topological polar surface area (TPSA) is 92.8 Å². The fourth-order valence-corrected chi connectivity index (χ4v) is 5.03. The number of nitrogens with zero attached hydrogens (tertiary/aromatic N) is 1. The second-order valence-corrected chi connectivity index (χ2v) is 10.4. The van der Waals surface area contributed by atoms with Gasteiger partial charge in [-0.25, -0.2) is 13.2 Å². The van der Waals surface area contributed by atoms with Crippen molar-refractivity contribution < 1.29 is 35.9 Å². The summed E-state index contributed by atoms with van der Waals surface area (Å²) < 4.78 is 72.6. The number of methoxy groups -OCH3 is 1. The van der Waals surface area contributed by atoms with Gasteiger partial charge in [-0.15, -0.1) is 0 Å². The van der Waals surface area contributed by atoms with Crippen molar-refractivity contribution in [1.29, 1.82) is 0 Å².